The van der Waals surface area contributed by atoms with Crippen molar-refractivity contribution in [3.63, 3.8) is 0 Å². The van der Waals surface area contributed by atoms with Crippen LogP contribution in [0, 0.1) is 0 Å². The molecule has 0 aliphatic carbocycles. The zero-order valence-corrected chi connectivity index (χ0v) is 5.24. The predicted molar refractivity (Wildman–Crippen MR) is 33.2 cm³/mol. The summed E-state index contributed by atoms with van der Waals surface area (Å²) in [5.74, 6) is 0.748. The second-order valence-corrected chi connectivity index (χ2v) is 2.78. The molecule has 1 unspecified atom stereocenters. The fourth-order valence-electron chi connectivity index (χ4n) is 0.239. The minimum Gasteiger partial charge on any atom is -0.396 e. The summed E-state index contributed by atoms with van der Waals surface area (Å²) in [6.45, 7) is 2.13. The molecule has 0 bridgehead atoms. The summed E-state index contributed by atoms with van der Waals surface area (Å²) in [4.78, 5) is 0. The molecule has 0 spiro atoms. The van der Waals surface area contributed by atoms with Gasteiger partial charge in [0.15, 0.2) is 0 Å². The third-order valence-electron chi connectivity index (χ3n) is 0.472. The summed E-state index contributed by atoms with van der Waals surface area (Å²) in [5.41, 5.74) is 5.33. The second kappa shape index (κ2) is 4.43. The van der Waals surface area contributed by atoms with Crippen LogP contribution < -0.4 is 5.73 Å². The first-order valence-corrected chi connectivity index (χ1v) is 3.30. The fourth-order valence-corrected chi connectivity index (χ4v) is 0.716. The van der Waals surface area contributed by atoms with Crippen LogP contribution in [0.5, 0.6) is 0 Å². The average molecular weight is 121 g/mol. The number of thioether (sulfide) groups is 1. The highest BCUT2D eigenvalue weighted by atomic mass is 32.2. The van der Waals surface area contributed by atoms with E-state index in [-0.39, 0.29) is 12.0 Å². The van der Waals surface area contributed by atoms with E-state index in [2.05, 4.69) is 0 Å². The van der Waals surface area contributed by atoms with Gasteiger partial charge < -0.3 is 10.8 Å². The van der Waals surface area contributed by atoms with Gasteiger partial charge in [-0.1, -0.05) is 0 Å². The Labute approximate surface area is 48.1 Å². The molecule has 0 aromatic carbocycles. The van der Waals surface area contributed by atoms with Gasteiger partial charge in [-0.2, -0.15) is 0 Å². The van der Waals surface area contributed by atoms with E-state index in [1.165, 1.54) is 0 Å². The van der Waals surface area contributed by atoms with E-state index < -0.39 is 0 Å². The first-order chi connectivity index (χ1) is 3.27. The topological polar surface area (TPSA) is 46.2 Å². The molecular formula is C4H11NOS. The van der Waals surface area contributed by atoms with Gasteiger partial charge in [0, 0.05) is 11.1 Å². The SMILES string of the molecule is CC(N)SCCO. The van der Waals surface area contributed by atoms with Gasteiger partial charge in [-0.05, 0) is 6.92 Å². The van der Waals surface area contributed by atoms with Crippen LogP contribution >= 0.6 is 11.8 Å². The molecule has 3 heteroatoms. The Kier molecular flexibility index (Phi) is 4.60. The summed E-state index contributed by atoms with van der Waals surface area (Å²) < 4.78 is 0. The summed E-state index contributed by atoms with van der Waals surface area (Å²) in [7, 11) is 0. The van der Waals surface area contributed by atoms with E-state index in [4.69, 9.17) is 10.8 Å². The Morgan fingerprint density at radius 3 is 2.57 bits per heavy atom. The number of aliphatic hydroxyl groups excluding tert-OH is 1. The molecule has 7 heavy (non-hydrogen) atoms. The van der Waals surface area contributed by atoms with Crippen molar-refractivity contribution in [2.24, 2.45) is 5.73 Å². The molecule has 1 atom stereocenters. The van der Waals surface area contributed by atoms with Crippen LogP contribution in [0.4, 0.5) is 0 Å². The highest BCUT2D eigenvalue weighted by molar-refractivity contribution is 7.99. The summed E-state index contributed by atoms with van der Waals surface area (Å²) >= 11 is 1.56. The third kappa shape index (κ3) is 6.27. The predicted octanol–water partition coefficient (Wildman–Crippen LogP) is 0.0166. The van der Waals surface area contributed by atoms with E-state index in [9.17, 15) is 0 Å². The molecule has 0 amide bonds. The lowest BCUT2D eigenvalue weighted by Gasteiger charge is -1.99. The number of hydrogen-bond donors (Lipinski definition) is 2. The Morgan fingerprint density at radius 1 is 1.86 bits per heavy atom. The normalized spacial score (nSPS) is 14.1. The standard InChI is InChI=1S/C4H11NOS/c1-4(5)7-3-2-6/h4,6H,2-3,5H2,1H3. The maximum atomic E-state index is 8.24. The minimum absolute atomic E-state index is 0.159. The Bertz CT molecular complexity index is 40.7. The van der Waals surface area contributed by atoms with Gasteiger partial charge in [-0.25, -0.2) is 0 Å². The van der Waals surface area contributed by atoms with Crippen molar-refractivity contribution < 1.29 is 5.11 Å². The van der Waals surface area contributed by atoms with E-state index in [1.54, 1.807) is 11.8 Å². The van der Waals surface area contributed by atoms with Crippen LogP contribution in [0.15, 0.2) is 0 Å². The smallest absolute Gasteiger partial charge is 0.0522 e. The molecule has 0 aromatic heterocycles. The van der Waals surface area contributed by atoms with Crippen molar-refractivity contribution in [1.82, 2.24) is 0 Å². The van der Waals surface area contributed by atoms with Crippen LogP contribution in [0.1, 0.15) is 6.92 Å². The lowest BCUT2D eigenvalue weighted by molar-refractivity contribution is 0.322. The van der Waals surface area contributed by atoms with E-state index in [0.29, 0.717) is 0 Å². The van der Waals surface area contributed by atoms with Gasteiger partial charge in [0.05, 0.1) is 6.61 Å². The molecule has 3 N–H and O–H groups in total. The molecule has 0 aromatic rings. The summed E-state index contributed by atoms with van der Waals surface area (Å²) in [6.07, 6.45) is 0. The first-order valence-electron chi connectivity index (χ1n) is 2.25. The van der Waals surface area contributed by atoms with Crippen molar-refractivity contribution >= 4 is 11.8 Å². The number of aliphatic hydroxyl groups is 1. The molecule has 0 heterocycles. The van der Waals surface area contributed by atoms with Crippen LogP contribution in [0.3, 0.4) is 0 Å². The van der Waals surface area contributed by atoms with Crippen LogP contribution in [-0.4, -0.2) is 22.8 Å². The van der Waals surface area contributed by atoms with E-state index >= 15 is 0 Å². The molecule has 0 fully saturated rings. The maximum absolute atomic E-state index is 8.24. The van der Waals surface area contributed by atoms with E-state index in [0.717, 1.165) is 5.75 Å². The van der Waals surface area contributed by atoms with Gasteiger partial charge >= 0.3 is 0 Å². The Morgan fingerprint density at radius 2 is 2.43 bits per heavy atom. The molecule has 44 valence electrons. The van der Waals surface area contributed by atoms with Gasteiger partial charge in [0.25, 0.3) is 0 Å². The van der Waals surface area contributed by atoms with Gasteiger partial charge in [-0.15, -0.1) is 11.8 Å². The molecule has 0 aliphatic rings. The lowest BCUT2D eigenvalue weighted by atomic mass is 10.8. The van der Waals surface area contributed by atoms with Gasteiger partial charge in [-0.3, -0.25) is 0 Å². The van der Waals surface area contributed by atoms with Crippen molar-refractivity contribution in [2.45, 2.75) is 12.3 Å². The minimum atomic E-state index is 0.159. The van der Waals surface area contributed by atoms with Crippen molar-refractivity contribution in [2.75, 3.05) is 12.4 Å². The van der Waals surface area contributed by atoms with Crippen molar-refractivity contribution in [1.29, 1.82) is 0 Å². The third-order valence-corrected chi connectivity index (χ3v) is 1.42. The largest absolute Gasteiger partial charge is 0.396 e. The highest BCUT2D eigenvalue weighted by Gasteiger charge is 1.89. The number of nitrogens with two attached hydrogens (primary N) is 1. The quantitative estimate of drug-likeness (QED) is 0.517. The van der Waals surface area contributed by atoms with Crippen LogP contribution in [0.2, 0.25) is 0 Å². The first kappa shape index (κ1) is 7.27. The van der Waals surface area contributed by atoms with Crippen molar-refractivity contribution in [3.8, 4) is 0 Å². The van der Waals surface area contributed by atoms with Crippen LogP contribution in [0.25, 0.3) is 0 Å². The zero-order valence-electron chi connectivity index (χ0n) is 4.42. The molecule has 0 rings (SSSR count). The van der Waals surface area contributed by atoms with E-state index in [1.807, 2.05) is 6.92 Å². The van der Waals surface area contributed by atoms with Crippen molar-refractivity contribution in [3.05, 3.63) is 0 Å². The monoisotopic (exact) mass is 121 g/mol. The van der Waals surface area contributed by atoms with Gasteiger partial charge in [0.2, 0.25) is 0 Å². The maximum Gasteiger partial charge on any atom is 0.0522 e. The molecule has 0 saturated carbocycles. The number of hydrogen-bond acceptors (Lipinski definition) is 3. The van der Waals surface area contributed by atoms with Gasteiger partial charge in [0.1, 0.15) is 0 Å². The number of rotatable bonds is 3. The lowest BCUT2D eigenvalue weighted by Crippen LogP contribution is -2.10. The molecule has 0 radical (unpaired) electrons. The second-order valence-electron chi connectivity index (χ2n) is 1.30. The highest BCUT2D eigenvalue weighted by Crippen LogP contribution is 2.01. The van der Waals surface area contributed by atoms with Crippen LogP contribution in [-0.2, 0) is 0 Å². The molecule has 2 nitrogen and oxygen atoms in total. The molecule has 0 saturated heterocycles. The fraction of sp³-hybridized carbons (Fsp3) is 1.00. The Balaban J connectivity index is 2.68. The molecular weight excluding hydrogens is 110 g/mol. The summed E-state index contributed by atoms with van der Waals surface area (Å²) in [6, 6.07) is 0. The average Bonchev–Trinajstić information content (AvgIpc) is 1.61. The summed E-state index contributed by atoms with van der Waals surface area (Å²) in [5, 5.41) is 8.40. The zero-order chi connectivity index (χ0) is 5.70. The molecule has 0 aliphatic heterocycles. The Hall–Kier alpha value is 0.270.